The molecule has 0 saturated carbocycles. The van der Waals surface area contributed by atoms with Gasteiger partial charge in [-0.15, -0.1) is 0 Å². The number of morpholine rings is 1. The zero-order valence-electron chi connectivity index (χ0n) is 16.2. The Bertz CT molecular complexity index is 902. The lowest BCUT2D eigenvalue weighted by Gasteiger charge is -2.28. The van der Waals surface area contributed by atoms with Crippen LogP contribution >= 0.6 is 0 Å². The van der Waals surface area contributed by atoms with Crippen molar-refractivity contribution in [2.24, 2.45) is 0 Å². The summed E-state index contributed by atoms with van der Waals surface area (Å²) in [5.41, 5.74) is 2.86. The number of hydrogen-bond acceptors (Lipinski definition) is 5. The number of aryl methyl sites for hydroxylation is 1. The average molecular weight is 384 g/mol. The minimum Gasteiger partial charge on any atom is -0.497 e. The summed E-state index contributed by atoms with van der Waals surface area (Å²) in [4.78, 5) is 29.2. The summed E-state index contributed by atoms with van der Waals surface area (Å²) in [5.74, 6) is 0.639. The van der Waals surface area contributed by atoms with E-state index in [9.17, 15) is 9.59 Å². The van der Waals surface area contributed by atoms with Crippen molar-refractivity contribution < 1.29 is 19.1 Å². The predicted octanol–water partition coefficient (Wildman–Crippen LogP) is 1.33. The summed E-state index contributed by atoms with van der Waals surface area (Å²) in [7, 11) is 1.61. The molecule has 0 atom stereocenters. The summed E-state index contributed by atoms with van der Waals surface area (Å²) in [6, 6.07) is 7.27. The van der Waals surface area contributed by atoms with Crippen molar-refractivity contribution in [3.63, 3.8) is 0 Å². The van der Waals surface area contributed by atoms with Gasteiger partial charge in [0.15, 0.2) is 5.69 Å². The van der Waals surface area contributed by atoms with Gasteiger partial charge in [0.05, 0.1) is 39.1 Å². The summed E-state index contributed by atoms with van der Waals surface area (Å²) >= 11 is 0. The maximum Gasteiger partial charge on any atom is 0.274 e. The summed E-state index contributed by atoms with van der Waals surface area (Å²) in [5, 5.41) is 4.46. The van der Waals surface area contributed by atoms with E-state index in [0.717, 1.165) is 17.0 Å². The third-order valence-electron chi connectivity index (χ3n) is 5.27. The quantitative estimate of drug-likeness (QED) is 0.798. The smallest absolute Gasteiger partial charge is 0.274 e. The molecule has 0 unspecified atom stereocenters. The van der Waals surface area contributed by atoms with Gasteiger partial charge in [0, 0.05) is 25.2 Å². The van der Waals surface area contributed by atoms with Gasteiger partial charge in [-0.2, -0.15) is 5.10 Å². The van der Waals surface area contributed by atoms with Gasteiger partial charge in [0.2, 0.25) is 0 Å². The Kier molecular flexibility index (Phi) is 5.04. The molecule has 4 rings (SSSR count). The number of hydrogen-bond donors (Lipinski definition) is 0. The molecule has 8 nitrogen and oxygen atoms in total. The minimum absolute atomic E-state index is 0.0198. The molecule has 1 fully saturated rings. The molecular weight excluding hydrogens is 360 g/mol. The topological polar surface area (TPSA) is 76.9 Å². The van der Waals surface area contributed by atoms with Crippen LogP contribution in [-0.2, 0) is 17.8 Å². The second kappa shape index (κ2) is 7.63. The number of rotatable bonds is 3. The van der Waals surface area contributed by atoms with E-state index in [1.165, 1.54) is 0 Å². The normalized spacial score (nSPS) is 16.6. The van der Waals surface area contributed by atoms with Crippen LogP contribution in [-0.4, -0.2) is 71.4 Å². The molecular formula is C20H24N4O4. The molecule has 1 aromatic carbocycles. The molecule has 0 N–H and O–H groups in total. The Hall–Kier alpha value is -2.87. The highest BCUT2D eigenvalue weighted by Crippen LogP contribution is 2.22. The molecule has 2 aliphatic rings. The van der Waals surface area contributed by atoms with Gasteiger partial charge in [-0.3, -0.25) is 14.3 Å². The van der Waals surface area contributed by atoms with E-state index in [4.69, 9.17) is 9.47 Å². The van der Waals surface area contributed by atoms with Gasteiger partial charge in [0.1, 0.15) is 5.75 Å². The Balaban J connectivity index is 1.49. The number of benzene rings is 1. The van der Waals surface area contributed by atoms with Crippen molar-refractivity contribution in [1.29, 1.82) is 0 Å². The first-order valence-electron chi connectivity index (χ1n) is 9.44. The molecule has 0 radical (unpaired) electrons. The number of fused-ring (bicyclic) bond motifs is 1. The van der Waals surface area contributed by atoms with E-state index in [2.05, 4.69) is 5.10 Å². The fourth-order valence-electron chi connectivity index (χ4n) is 3.65. The highest BCUT2D eigenvalue weighted by molar-refractivity contribution is 5.96. The molecule has 2 aliphatic heterocycles. The molecule has 1 aromatic heterocycles. The molecule has 2 amide bonds. The number of carbonyl (C=O) groups is 2. The summed E-state index contributed by atoms with van der Waals surface area (Å²) in [6.45, 7) is 5.77. The molecule has 0 bridgehead atoms. The zero-order chi connectivity index (χ0) is 19.7. The standard InChI is InChI=1S/C20H24N4O4/c1-14-11-16(27-2)3-4-17(14)19(25)23-5-6-24-15(13-23)12-18(21-24)20(26)22-7-9-28-10-8-22/h3-4,11-12H,5-10,13H2,1-2H3. The van der Waals surface area contributed by atoms with Gasteiger partial charge in [-0.1, -0.05) is 0 Å². The molecule has 1 saturated heterocycles. The Labute approximate surface area is 163 Å². The maximum absolute atomic E-state index is 13.0. The lowest BCUT2D eigenvalue weighted by molar-refractivity contribution is 0.0298. The number of amides is 2. The first-order chi connectivity index (χ1) is 13.6. The van der Waals surface area contributed by atoms with E-state index in [1.54, 1.807) is 35.1 Å². The third-order valence-corrected chi connectivity index (χ3v) is 5.27. The van der Waals surface area contributed by atoms with Crippen LogP contribution in [0.3, 0.4) is 0 Å². The summed E-state index contributed by atoms with van der Waals surface area (Å²) < 4.78 is 12.4. The maximum atomic E-state index is 13.0. The molecule has 0 spiro atoms. The highest BCUT2D eigenvalue weighted by atomic mass is 16.5. The first kappa shape index (κ1) is 18.5. The van der Waals surface area contributed by atoms with Crippen molar-refractivity contribution in [2.75, 3.05) is 40.0 Å². The van der Waals surface area contributed by atoms with Crippen LogP contribution in [0.5, 0.6) is 5.75 Å². The fraction of sp³-hybridized carbons (Fsp3) is 0.450. The van der Waals surface area contributed by atoms with Gasteiger partial charge < -0.3 is 19.3 Å². The van der Waals surface area contributed by atoms with Crippen molar-refractivity contribution in [3.05, 3.63) is 46.8 Å². The van der Waals surface area contributed by atoms with Gasteiger partial charge in [0.25, 0.3) is 11.8 Å². The van der Waals surface area contributed by atoms with Crippen molar-refractivity contribution >= 4 is 11.8 Å². The highest BCUT2D eigenvalue weighted by Gasteiger charge is 2.27. The minimum atomic E-state index is -0.0749. The van der Waals surface area contributed by atoms with Gasteiger partial charge in [-0.05, 0) is 36.8 Å². The Morgan fingerprint density at radius 3 is 2.54 bits per heavy atom. The average Bonchev–Trinajstić information content (AvgIpc) is 3.16. The first-order valence-corrected chi connectivity index (χ1v) is 9.44. The number of aromatic nitrogens is 2. The number of carbonyl (C=O) groups excluding carboxylic acids is 2. The predicted molar refractivity (Wildman–Crippen MR) is 101 cm³/mol. The van der Waals surface area contributed by atoms with Crippen LogP contribution in [0.1, 0.15) is 32.1 Å². The van der Waals surface area contributed by atoms with Crippen molar-refractivity contribution in [3.8, 4) is 5.75 Å². The van der Waals surface area contributed by atoms with Crippen LogP contribution in [0, 0.1) is 6.92 Å². The second-order valence-electron chi connectivity index (χ2n) is 7.06. The van der Waals surface area contributed by atoms with E-state index < -0.39 is 0 Å². The Morgan fingerprint density at radius 1 is 1.04 bits per heavy atom. The van der Waals surface area contributed by atoms with E-state index in [-0.39, 0.29) is 11.8 Å². The molecule has 0 aliphatic carbocycles. The van der Waals surface area contributed by atoms with E-state index in [0.29, 0.717) is 57.2 Å². The zero-order valence-corrected chi connectivity index (χ0v) is 16.2. The third kappa shape index (κ3) is 3.47. The van der Waals surface area contributed by atoms with Gasteiger partial charge in [-0.25, -0.2) is 0 Å². The van der Waals surface area contributed by atoms with Gasteiger partial charge >= 0.3 is 0 Å². The van der Waals surface area contributed by atoms with Crippen molar-refractivity contribution in [1.82, 2.24) is 19.6 Å². The molecule has 28 heavy (non-hydrogen) atoms. The Morgan fingerprint density at radius 2 is 1.82 bits per heavy atom. The van der Waals surface area contributed by atoms with Crippen LogP contribution < -0.4 is 4.74 Å². The molecule has 3 heterocycles. The SMILES string of the molecule is COc1ccc(C(=O)N2CCn3nc(C(=O)N4CCOCC4)cc3C2)c(C)c1. The monoisotopic (exact) mass is 384 g/mol. The number of ether oxygens (including phenoxy) is 2. The van der Waals surface area contributed by atoms with Crippen LogP contribution in [0.2, 0.25) is 0 Å². The number of methoxy groups -OCH3 is 1. The van der Waals surface area contributed by atoms with Crippen molar-refractivity contribution in [2.45, 2.75) is 20.0 Å². The van der Waals surface area contributed by atoms with Crippen LogP contribution in [0.15, 0.2) is 24.3 Å². The lowest BCUT2D eigenvalue weighted by Crippen LogP contribution is -2.41. The van der Waals surface area contributed by atoms with Crippen LogP contribution in [0.25, 0.3) is 0 Å². The molecule has 8 heteroatoms. The number of nitrogens with zero attached hydrogens (tertiary/aromatic N) is 4. The lowest BCUT2D eigenvalue weighted by atomic mass is 10.1. The largest absolute Gasteiger partial charge is 0.497 e. The summed E-state index contributed by atoms with van der Waals surface area (Å²) in [6.07, 6.45) is 0. The second-order valence-corrected chi connectivity index (χ2v) is 7.06. The fourth-order valence-corrected chi connectivity index (χ4v) is 3.65. The molecule has 2 aromatic rings. The van der Waals surface area contributed by atoms with E-state index in [1.807, 2.05) is 17.7 Å². The van der Waals surface area contributed by atoms with Crippen LogP contribution in [0.4, 0.5) is 0 Å². The molecule has 148 valence electrons. The van der Waals surface area contributed by atoms with E-state index >= 15 is 0 Å².